The summed E-state index contributed by atoms with van der Waals surface area (Å²) in [6, 6.07) is 45.3. The summed E-state index contributed by atoms with van der Waals surface area (Å²) in [4.78, 5) is 111. The Bertz CT molecular complexity index is 3040. The maximum atomic E-state index is 15.2. The number of hydrogen-bond donors (Lipinski definition) is 4. The maximum Gasteiger partial charge on any atom is 0.242 e. The van der Waals surface area contributed by atoms with Crippen LogP contribution in [0.2, 0.25) is 0 Å². The molecule has 7 amide bonds. The van der Waals surface area contributed by atoms with Crippen LogP contribution in [0.5, 0.6) is 0 Å². The zero-order chi connectivity index (χ0) is 62.4. The van der Waals surface area contributed by atoms with E-state index < -0.39 is 96.4 Å². The summed E-state index contributed by atoms with van der Waals surface area (Å²) in [5.74, 6) is -3.84. The van der Waals surface area contributed by atoms with Crippen molar-refractivity contribution in [3.8, 4) is 0 Å². The van der Waals surface area contributed by atoms with E-state index in [9.17, 15) is 29.6 Å². The lowest BCUT2D eigenvalue weighted by Gasteiger charge is -2.53. The van der Waals surface area contributed by atoms with Gasteiger partial charge in [-0.15, -0.1) is 0 Å². The van der Waals surface area contributed by atoms with Crippen LogP contribution in [-0.2, 0) is 66.3 Å². The Morgan fingerprint density at radius 3 is 0.907 bits per heavy atom. The van der Waals surface area contributed by atoms with E-state index in [4.69, 9.17) is 5.73 Å². The summed E-state index contributed by atoms with van der Waals surface area (Å²) in [7, 11) is 0. The number of piperidine rings is 2. The van der Waals surface area contributed by atoms with Gasteiger partial charge in [0.05, 0.1) is 13.1 Å². The number of amides is 7. The van der Waals surface area contributed by atoms with Crippen LogP contribution in [-0.4, -0.2) is 171 Å². The molecule has 460 valence electrons. The minimum atomic E-state index is -0.787. The number of primary amides is 1. The van der Waals surface area contributed by atoms with E-state index in [1.807, 2.05) is 207 Å². The first-order chi connectivity index (χ1) is 40.7. The number of benzene rings is 5. The number of nitrogens with two attached hydrogens (primary N) is 1. The van der Waals surface area contributed by atoms with Crippen molar-refractivity contribution in [3.05, 3.63) is 179 Å². The van der Waals surface area contributed by atoms with Crippen LogP contribution in [0.1, 0.15) is 109 Å². The van der Waals surface area contributed by atoms with Gasteiger partial charge < -0.3 is 50.9 Å². The Hall–Kier alpha value is -7.81. The summed E-state index contributed by atoms with van der Waals surface area (Å²) in [6.45, 7) is 12.4. The van der Waals surface area contributed by atoms with E-state index in [0.29, 0.717) is 42.4 Å². The van der Waals surface area contributed by atoms with Crippen LogP contribution in [0, 0.1) is 0 Å². The van der Waals surface area contributed by atoms with Crippen molar-refractivity contribution in [1.29, 1.82) is 0 Å². The molecule has 5 aromatic rings. The quantitative estimate of drug-likeness (QED) is 0.0446. The molecule has 7 rings (SSSR count). The Labute approximate surface area is 507 Å². The van der Waals surface area contributed by atoms with E-state index in [2.05, 4.69) is 5.32 Å². The van der Waals surface area contributed by atoms with Crippen molar-refractivity contribution >= 4 is 41.4 Å². The molecular weight excluding hydrogens is 1090 g/mol. The lowest BCUT2D eigenvalue weighted by Crippen LogP contribution is -2.64. The predicted molar refractivity (Wildman–Crippen MR) is 328 cm³/mol. The van der Waals surface area contributed by atoms with Crippen LogP contribution in [0.15, 0.2) is 152 Å². The molecule has 2 aliphatic rings. The number of carbonyl (C=O) groups excluding carboxylic acids is 7. The summed E-state index contributed by atoms with van der Waals surface area (Å²) in [5.41, 5.74) is 6.72. The molecule has 5 aromatic carbocycles. The molecule has 2 saturated heterocycles. The number of carbonyl (C=O) groups is 7. The Kier molecular flexibility index (Phi) is 22.2. The van der Waals surface area contributed by atoms with E-state index >= 15 is 14.4 Å². The van der Waals surface area contributed by atoms with Gasteiger partial charge in [-0.1, -0.05) is 152 Å². The van der Waals surface area contributed by atoms with Gasteiger partial charge in [-0.3, -0.25) is 33.6 Å². The van der Waals surface area contributed by atoms with E-state index in [1.54, 1.807) is 0 Å². The molecule has 2 heterocycles. The summed E-state index contributed by atoms with van der Waals surface area (Å²) >= 11 is 0. The predicted octanol–water partition coefficient (Wildman–Crippen LogP) is 6.86. The second-order valence-electron chi connectivity index (χ2n) is 25.6. The first-order valence-corrected chi connectivity index (χ1v) is 29.6. The van der Waals surface area contributed by atoms with Gasteiger partial charge in [-0.25, -0.2) is 0 Å². The Balaban J connectivity index is 1.16. The average Bonchev–Trinajstić information content (AvgIpc) is 1.37. The summed E-state index contributed by atoms with van der Waals surface area (Å²) in [6.07, 6.45) is 1.76. The molecule has 0 radical (unpaired) electrons. The van der Waals surface area contributed by atoms with Gasteiger partial charge >= 0.3 is 0 Å². The number of nitrogens with zero attached hydrogens (tertiary/aromatic N) is 8. The highest BCUT2D eigenvalue weighted by Gasteiger charge is 2.48. The third kappa shape index (κ3) is 18.4. The molecular formula is C67H88N10O9. The van der Waals surface area contributed by atoms with Gasteiger partial charge in [0.2, 0.25) is 41.4 Å². The van der Waals surface area contributed by atoms with Crippen molar-refractivity contribution in [2.45, 2.75) is 148 Å². The van der Waals surface area contributed by atoms with Gasteiger partial charge in [0.1, 0.15) is 32.7 Å². The SMILES string of the molecule is CC1(C)CC(NCC(=O)N(CC(=O)N(CC(=O)N(CC(=O)N(CC(=O)N(CC(=O)N(CC(N)=O)C2CC(C)(C)N(O)C(C)(C)C2)Cc2ccccc2)Cc2ccccc2)Cc2ccccc2)Cc2ccccc2)Cc2ccccc2)CC(C)(C)N1O. The van der Waals surface area contributed by atoms with Gasteiger partial charge in [0.15, 0.2) is 0 Å². The lowest BCUT2D eigenvalue weighted by molar-refractivity contribution is -0.251. The molecule has 19 nitrogen and oxygen atoms in total. The first kappa shape index (κ1) is 65.7. The fourth-order valence-electron chi connectivity index (χ4n) is 12.3. The molecule has 2 aliphatic heterocycles. The van der Waals surface area contributed by atoms with Crippen molar-refractivity contribution in [1.82, 2.24) is 44.8 Å². The van der Waals surface area contributed by atoms with Crippen LogP contribution >= 0.6 is 0 Å². The number of rotatable bonds is 26. The Morgan fingerprint density at radius 1 is 0.395 bits per heavy atom. The molecule has 5 N–H and O–H groups in total. The molecule has 19 heteroatoms. The fraction of sp³-hybridized carbons (Fsp3) is 0.448. The zero-order valence-electron chi connectivity index (χ0n) is 51.3. The van der Waals surface area contributed by atoms with Crippen LogP contribution in [0.3, 0.4) is 0 Å². The Morgan fingerprint density at radius 2 is 0.640 bits per heavy atom. The average molecular weight is 1180 g/mol. The molecule has 0 unspecified atom stereocenters. The van der Waals surface area contributed by atoms with Gasteiger partial charge in [0.25, 0.3) is 0 Å². The zero-order valence-corrected chi connectivity index (χ0v) is 51.3. The topological polar surface area (TPSA) is 224 Å². The smallest absolute Gasteiger partial charge is 0.242 e. The third-order valence-corrected chi connectivity index (χ3v) is 16.4. The fourth-order valence-corrected chi connectivity index (χ4v) is 12.3. The molecule has 0 saturated carbocycles. The third-order valence-electron chi connectivity index (χ3n) is 16.4. The summed E-state index contributed by atoms with van der Waals surface area (Å²) in [5, 5.41) is 28.2. The van der Waals surface area contributed by atoms with Crippen LogP contribution in [0.4, 0.5) is 0 Å². The largest absolute Gasteiger partial charge is 0.368 e. The number of nitrogens with one attached hydrogen (secondary N) is 1. The van der Waals surface area contributed by atoms with Crippen molar-refractivity contribution in [2.24, 2.45) is 5.73 Å². The number of hydroxylamine groups is 4. The number of hydrogen-bond acceptors (Lipinski definition) is 12. The van der Waals surface area contributed by atoms with E-state index in [0.717, 1.165) is 11.1 Å². The maximum absolute atomic E-state index is 15.2. The highest BCUT2D eigenvalue weighted by atomic mass is 16.5. The van der Waals surface area contributed by atoms with Crippen LogP contribution in [0.25, 0.3) is 0 Å². The van der Waals surface area contributed by atoms with E-state index in [1.165, 1.54) is 39.5 Å². The molecule has 0 atom stereocenters. The highest BCUT2D eigenvalue weighted by molar-refractivity contribution is 5.93. The minimum Gasteiger partial charge on any atom is -0.368 e. The van der Waals surface area contributed by atoms with Crippen molar-refractivity contribution in [3.63, 3.8) is 0 Å². The van der Waals surface area contributed by atoms with Gasteiger partial charge in [0, 0.05) is 67.0 Å². The summed E-state index contributed by atoms with van der Waals surface area (Å²) < 4.78 is 0. The van der Waals surface area contributed by atoms with Gasteiger partial charge in [-0.2, -0.15) is 10.1 Å². The van der Waals surface area contributed by atoms with Crippen LogP contribution < -0.4 is 11.1 Å². The monoisotopic (exact) mass is 1180 g/mol. The minimum absolute atomic E-state index is 0.00563. The highest BCUT2D eigenvalue weighted by Crippen LogP contribution is 2.39. The lowest BCUT2D eigenvalue weighted by atomic mass is 9.78. The molecule has 0 aromatic heterocycles. The normalized spacial score (nSPS) is 16.5. The van der Waals surface area contributed by atoms with Crippen molar-refractivity contribution in [2.75, 3.05) is 45.8 Å². The second-order valence-corrected chi connectivity index (χ2v) is 25.6. The molecule has 0 bridgehead atoms. The molecule has 86 heavy (non-hydrogen) atoms. The van der Waals surface area contributed by atoms with Crippen molar-refractivity contribution < 1.29 is 44.0 Å². The van der Waals surface area contributed by atoms with E-state index in [-0.39, 0.29) is 57.8 Å². The molecule has 0 aliphatic carbocycles. The van der Waals surface area contributed by atoms with Gasteiger partial charge in [-0.05, 0) is 109 Å². The first-order valence-electron chi connectivity index (χ1n) is 29.6. The molecule has 2 fully saturated rings. The molecule has 0 spiro atoms. The standard InChI is InChI=1S/C67H88N10O9/c1-64(2)34-55(35-65(3,4)76(64)85)69-38-58(79)70(39-50-24-14-9-15-25-50)45-59(80)71(40-51-26-16-10-17-27-51)46-60(81)72(41-52-28-18-11-19-29-52)47-61(82)73(42-53-30-20-12-21-31-53)48-62(83)74(43-54-32-22-13-23-33-54)49-63(84)75(44-57(68)78)56-36-66(5,6)77(86)67(7,8)37-56/h9-33,55-56,69,85-86H,34-49H2,1-8H3,(H2,68,78). The second kappa shape index (κ2) is 29.1.